The summed E-state index contributed by atoms with van der Waals surface area (Å²) < 4.78 is 29.4. The second kappa shape index (κ2) is 6.67. The fourth-order valence-electron chi connectivity index (χ4n) is 1.44. The summed E-state index contributed by atoms with van der Waals surface area (Å²) in [6, 6.07) is 3.10. The van der Waals surface area contributed by atoms with Gasteiger partial charge in [0.15, 0.2) is 0 Å². The molecule has 0 saturated carbocycles. The summed E-state index contributed by atoms with van der Waals surface area (Å²) in [6.07, 6.45) is 1.55. The summed E-state index contributed by atoms with van der Waals surface area (Å²) >= 11 is 0. The van der Waals surface area contributed by atoms with Crippen molar-refractivity contribution in [2.24, 2.45) is 0 Å². The van der Waals surface area contributed by atoms with Crippen LogP contribution in [0.2, 0.25) is 0 Å². The van der Waals surface area contributed by atoms with Crippen LogP contribution in [0.5, 0.6) is 0 Å². The molecule has 0 fully saturated rings. The van der Waals surface area contributed by atoms with Crippen LogP contribution in [0.4, 0.5) is 5.82 Å². The highest BCUT2D eigenvalue weighted by Crippen LogP contribution is 2.15. The molecule has 20 heavy (non-hydrogen) atoms. The molecule has 0 aromatic carbocycles. The number of carbonyl (C=O) groups is 1. The minimum atomic E-state index is -3.47. The lowest BCUT2D eigenvalue weighted by Crippen LogP contribution is -2.24. The van der Waals surface area contributed by atoms with Crippen molar-refractivity contribution in [3.8, 4) is 0 Å². The van der Waals surface area contributed by atoms with Crippen LogP contribution in [0.25, 0.3) is 0 Å². The van der Waals surface area contributed by atoms with E-state index in [9.17, 15) is 13.2 Å². The molecule has 0 aliphatic heterocycles. The van der Waals surface area contributed by atoms with Gasteiger partial charge in [-0.1, -0.05) is 0 Å². The summed E-state index contributed by atoms with van der Waals surface area (Å²) in [7, 11) is 2.56. The summed E-state index contributed by atoms with van der Waals surface area (Å²) in [5.74, 6) is 0.287. The predicted molar refractivity (Wildman–Crippen MR) is 75.0 cm³/mol. The van der Waals surface area contributed by atoms with Crippen molar-refractivity contribution in [1.82, 2.24) is 9.29 Å². The van der Waals surface area contributed by atoms with Gasteiger partial charge < -0.3 is 9.64 Å². The van der Waals surface area contributed by atoms with E-state index in [1.165, 1.54) is 33.5 Å². The highest BCUT2D eigenvalue weighted by Gasteiger charge is 2.17. The van der Waals surface area contributed by atoms with E-state index < -0.39 is 10.0 Å². The van der Waals surface area contributed by atoms with Gasteiger partial charge in [0.2, 0.25) is 10.0 Å². The smallest absolute Gasteiger partial charge is 0.307 e. The van der Waals surface area contributed by atoms with Crippen LogP contribution >= 0.6 is 0 Å². The topological polar surface area (TPSA) is 79.8 Å². The number of hydrogen-bond donors (Lipinski definition) is 0. The van der Waals surface area contributed by atoms with E-state index in [4.69, 9.17) is 0 Å². The summed E-state index contributed by atoms with van der Waals surface area (Å²) in [6.45, 7) is 0.444. The zero-order valence-corrected chi connectivity index (χ0v) is 12.8. The number of methoxy groups -OCH3 is 1. The fourth-order valence-corrected chi connectivity index (χ4v) is 2.28. The van der Waals surface area contributed by atoms with Crippen LogP contribution in [-0.4, -0.2) is 58.5 Å². The van der Waals surface area contributed by atoms with Gasteiger partial charge in [-0.25, -0.2) is 17.7 Å². The third-order valence-corrected chi connectivity index (χ3v) is 4.57. The number of rotatable bonds is 6. The number of pyridine rings is 1. The Hall–Kier alpha value is -1.67. The minimum Gasteiger partial charge on any atom is -0.469 e. The molecule has 0 spiro atoms. The zero-order chi connectivity index (χ0) is 15.3. The first-order valence-corrected chi connectivity index (χ1v) is 7.39. The molecule has 0 radical (unpaired) electrons. The predicted octanol–water partition coefficient (Wildman–Crippen LogP) is 0.331. The van der Waals surface area contributed by atoms with E-state index in [0.717, 1.165) is 4.31 Å². The van der Waals surface area contributed by atoms with Gasteiger partial charge in [-0.15, -0.1) is 0 Å². The van der Waals surface area contributed by atoms with Gasteiger partial charge in [0.05, 0.1) is 13.5 Å². The maximum atomic E-state index is 11.9. The van der Waals surface area contributed by atoms with Crippen molar-refractivity contribution in [2.45, 2.75) is 11.3 Å². The second-order valence-electron chi connectivity index (χ2n) is 4.39. The maximum absolute atomic E-state index is 11.9. The SMILES string of the molecule is COC(=O)CCN(C)c1ccc(S(=O)(=O)N(C)C)cn1. The van der Waals surface area contributed by atoms with Gasteiger partial charge in [-0.05, 0) is 12.1 Å². The van der Waals surface area contributed by atoms with Gasteiger partial charge in [-0.2, -0.15) is 0 Å². The molecule has 1 rings (SSSR count). The quantitative estimate of drug-likeness (QED) is 0.705. The van der Waals surface area contributed by atoms with Crippen molar-refractivity contribution in [3.63, 3.8) is 0 Å². The maximum Gasteiger partial charge on any atom is 0.307 e. The molecule has 0 bridgehead atoms. The van der Waals surface area contributed by atoms with E-state index in [1.54, 1.807) is 18.0 Å². The lowest BCUT2D eigenvalue weighted by molar-refractivity contribution is -0.140. The molecule has 1 aromatic heterocycles. The number of carbonyl (C=O) groups excluding carboxylic acids is 1. The highest BCUT2D eigenvalue weighted by molar-refractivity contribution is 7.89. The van der Waals surface area contributed by atoms with Gasteiger partial charge in [0.25, 0.3) is 0 Å². The largest absolute Gasteiger partial charge is 0.469 e. The van der Waals surface area contributed by atoms with E-state index in [-0.39, 0.29) is 17.3 Å². The third kappa shape index (κ3) is 3.91. The van der Waals surface area contributed by atoms with Crippen LogP contribution in [0.15, 0.2) is 23.2 Å². The monoisotopic (exact) mass is 301 g/mol. The lowest BCUT2D eigenvalue weighted by Gasteiger charge is -2.18. The first kappa shape index (κ1) is 16.4. The molecule has 0 atom stereocenters. The van der Waals surface area contributed by atoms with E-state index in [2.05, 4.69) is 9.72 Å². The highest BCUT2D eigenvalue weighted by atomic mass is 32.2. The normalized spacial score (nSPS) is 11.4. The molecule has 8 heteroatoms. The standard InChI is InChI=1S/C12H19N3O4S/c1-14(2)20(17,18)10-5-6-11(13-9-10)15(3)8-7-12(16)19-4/h5-6,9H,7-8H2,1-4H3. The summed E-state index contributed by atoms with van der Waals surface area (Å²) in [5, 5.41) is 0. The first-order chi connectivity index (χ1) is 9.28. The number of anilines is 1. The molecule has 0 aliphatic rings. The number of esters is 1. The van der Waals surface area contributed by atoms with Crippen molar-refractivity contribution < 1.29 is 17.9 Å². The number of nitrogens with zero attached hydrogens (tertiary/aromatic N) is 3. The number of aromatic nitrogens is 1. The molecular weight excluding hydrogens is 282 g/mol. The molecule has 0 saturated heterocycles. The Kier molecular flexibility index (Phi) is 5.46. The lowest BCUT2D eigenvalue weighted by atomic mass is 10.3. The summed E-state index contributed by atoms with van der Waals surface area (Å²) in [5.41, 5.74) is 0. The van der Waals surface area contributed by atoms with Crippen LogP contribution in [0.1, 0.15) is 6.42 Å². The molecule has 0 amide bonds. The Balaban J connectivity index is 2.79. The molecule has 0 N–H and O–H groups in total. The van der Waals surface area contributed by atoms with E-state index in [0.29, 0.717) is 12.4 Å². The number of hydrogen-bond acceptors (Lipinski definition) is 6. The molecular formula is C12H19N3O4S. The minimum absolute atomic E-state index is 0.132. The van der Waals surface area contributed by atoms with Crippen molar-refractivity contribution in [3.05, 3.63) is 18.3 Å². The fraction of sp³-hybridized carbons (Fsp3) is 0.500. The van der Waals surface area contributed by atoms with Gasteiger partial charge in [0, 0.05) is 33.9 Å². The van der Waals surface area contributed by atoms with Gasteiger partial charge in [-0.3, -0.25) is 4.79 Å². The van der Waals surface area contributed by atoms with Crippen LogP contribution < -0.4 is 4.90 Å². The molecule has 1 aromatic rings. The van der Waals surface area contributed by atoms with Crippen molar-refractivity contribution in [2.75, 3.05) is 39.7 Å². The van der Waals surface area contributed by atoms with Crippen LogP contribution in [-0.2, 0) is 19.6 Å². The third-order valence-electron chi connectivity index (χ3n) is 2.77. The molecule has 1 heterocycles. The van der Waals surface area contributed by atoms with Crippen molar-refractivity contribution in [1.29, 1.82) is 0 Å². The van der Waals surface area contributed by atoms with E-state index in [1.807, 2.05) is 0 Å². The molecule has 7 nitrogen and oxygen atoms in total. The van der Waals surface area contributed by atoms with Gasteiger partial charge in [0.1, 0.15) is 10.7 Å². The molecule has 0 unspecified atom stereocenters. The first-order valence-electron chi connectivity index (χ1n) is 5.95. The van der Waals surface area contributed by atoms with Crippen molar-refractivity contribution >= 4 is 21.8 Å². The zero-order valence-electron chi connectivity index (χ0n) is 12.0. The Bertz CT molecular complexity index is 555. The van der Waals surface area contributed by atoms with E-state index >= 15 is 0 Å². The number of ether oxygens (including phenoxy) is 1. The average molecular weight is 301 g/mol. The second-order valence-corrected chi connectivity index (χ2v) is 6.54. The molecule has 112 valence electrons. The summed E-state index contributed by atoms with van der Waals surface area (Å²) in [4.78, 5) is 17.0. The Morgan fingerprint density at radius 2 is 1.95 bits per heavy atom. The van der Waals surface area contributed by atoms with Gasteiger partial charge >= 0.3 is 5.97 Å². The Labute approximate surface area is 119 Å². The molecule has 0 aliphatic carbocycles. The Morgan fingerprint density at radius 3 is 2.40 bits per heavy atom. The van der Waals surface area contributed by atoms with Crippen LogP contribution in [0, 0.1) is 0 Å². The average Bonchev–Trinajstić information content (AvgIpc) is 2.44. The number of sulfonamides is 1. The Morgan fingerprint density at radius 1 is 1.30 bits per heavy atom. The van der Waals surface area contributed by atoms with Crippen LogP contribution in [0.3, 0.4) is 0 Å².